The quantitative estimate of drug-likeness (QED) is 0.787. The van der Waals surface area contributed by atoms with E-state index in [0.717, 1.165) is 5.56 Å². The molecule has 0 unspecified atom stereocenters. The molecule has 0 aliphatic rings. The first-order valence-corrected chi connectivity index (χ1v) is 7.86. The summed E-state index contributed by atoms with van der Waals surface area (Å²) in [5.74, 6) is 0. The minimum absolute atomic E-state index is 0.176. The Kier molecular flexibility index (Phi) is 4.94. The van der Waals surface area contributed by atoms with Crippen molar-refractivity contribution in [2.75, 3.05) is 18.4 Å². The molecule has 0 aliphatic carbocycles. The molecule has 7 nitrogen and oxygen atoms in total. The average molecular weight is 310 g/mol. The second kappa shape index (κ2) is 6.70. The highest BCUT2D eigenvalue weighted by atomic mass is 32.2. The molecule has 0 saturated carbocycles. The van der Waals surface area contributed by atoms with E-state index in [1.54, 1.807) is 36.2 Å². The second-order valence-electron chi connectivity index (χ2n) is 4.44. The highest BCUT2D eigenvalue weighted by molar-refractivity contribution is 7.92. The first-order valence-electron chi connectivity index (χ1n) is 6.38. The Morgan fingerprint density at radius 1 is 1.43 bits per heavy atom. The smallest absolute Gasteiger partial charge is 0.262 e. The van der Waals surface area contributed by atoms with Crippen LogP contribution in [-0.2, 0) is 27.8 Å². The number of aromatic nitrogens is 2. The van der Waals surface area contributed by atoms with Gasteiger partial charge in [-0.1, -0.05) is 12.1 Å². The van der Waals surface area contributed by atoms with Gasteiger partial charge >= 0.3 is 0 Å². The predicted octanol–water partition coefficient (Wildman–Crippen LogP) is 0.789. The van der Waals surface area contributed by atoms with Crippen molar-refractivity contribution < 1.29 is 13.2 Å². The van der Waals surface area contributed by atoms with Crippen molar-refractivity contribution in [3.8, 4) is 0 Å². The summed E-state index contributed by atoms with van der Waals surface area (Å²) in [7, 11) is -2.05. The number of nitrogens with two attached hydrogens (primary N) is 1. The van der Waals surface area contributed by atoms with E-state index in [9.17, 15) is 8.42 Å². The van der Waals surface area contributed by atoms with Crippen LogP contribution in [-0.4, -0.2) is 31.9 Å². The number of methoxy groups -OCH3 is 1. The third-order valence-electron chi connectivity index (χ3n) is 2.85. The number of hydrogen-bond donors (Lipinski definition) is 2. The molecular formula is C13H18N4O3S. The van der Waals surface area contributed by atoms with Gasteiger partial charge in [0.05, 0.1) is 29.9 Å². The third-order valence-corrected chi connectivity index (χ3v) is 4.23. The Bertz CT molecular complexity index is 697. The SMILES string of the molecule is COCCn1cc(NS(=O)(=O)c2cccc(CN)c2)cn1. The fraction of sp³-hybridized carbons (Fsp3) is 0.308. The molecule has 0 amide bonds. The molecule has 2 aromatic rings. The lowest BCUT2D eigenvalue weighted by Crippen LogP contribution is -2.13. The molecule has 1 heterocycles. The molecule has 114 valence electrons. The summed E-state index contributed by atoms with van der Waals surface area (Å²) in [6.07, 6.45) is 3.07. The maximum atomic E-state index is 12.3. The summed E-state index contributed by atoms with van der Waals surface area (Å²) in [5, 5.41) is 4.05. The molecule has 0 aliphatic heterocycles. The first-order chi connectivity index (χ1) is 10.0. The zero-order valence-corrected chi connectivity index (χ0v) is 12.5. The topological polar surface area (TPSA) is 99.2 Å². The zero-order valence-electron chi connectivity index (χ0n) is 11.7. The van der Waals surface area contributed by atoms with E-state index in [1.165, 1.54) is 12.3 Å². The fourth-order valence-electron chi connectivity index (χ4n) is 1.78. The van der Waals surface area contributed by atoms with Gasteiger partial charge in [0.15, 0.2) is 0 Å². The van der Waals surface area contributed by atoms with Gasteiger partial charge in [0, 0.05) is 19.9 Å². The van der Waals surface area contributed by atoms with E-state index in [2.05, 4.69) is 9.82 Å². The monoisotopic (exact) mass is 310 g/mol. The third kappa shape index (κ3) is 4.03. The number of hydrogen-bond acceptors (Lipinski definition) is 5. The number of benzene rings is 1. The molecule has 1 aromatic heterocycles. The number of sulfonamides is 1. The van der Waals surface area contributed by atoms with Crippen LogP contribution in [0.15, 0.2) is 41.6 Å². The van der Waals surface area contributed by atoms with Gasteiger partial charge in [-0.2, -0.15) is 5.10 Å². The Morgan fingerprint density at radius 3 is 2.95 bits per heavy atom. The van der Waals surface area contributed by atoms with E-state index in [1.807, 2.05) is 0 Å². The number of ether oxygens (including phenoxy) is 1. The molecule has 0 fully saturated rings. The summed E-state index contributed by atoms with van der Waals surface area (Å²) in [5.41, 5.74) is 6.69. The van der Waals surface area contributed by atoms with Crippen LogP contribution in [0.1, 0.15) is 5.56 Å². The minimum Gasteiger partial charge on any atom is -0.383 e. The lowest BCUT2D eigenvalue weighted by Gasteiger charge is -2.07. The van der Waals surface area contributed by atoms with Gasteiger partial charge in [-0.3, -0.25) is 9.40 Å². The van der Waals surface area contributed by atoms with Crippen LogP contribution < -0.4 is 10.5 Å². The summed E-state index contributed by atoms with van der Waals surface area (Å²) < 4.78 is 33.6. The highest BCUT2D eigenvalue weighted by Gasteiger charge is 2.15. The Balaban J connectivity index is 2.15. The molecule has 8 heteroatoms. The molecule has 0 atom stereocenters. The molecular weight excluding hydrogens is 292 g/mol. The Hall–Kier alpha value is -1.90. The van der Waals surface area contributed by atoms with Gasteiger partial charge in [-0.25, -0.2) is 8.42 Å². The number of nitrogens with one attached hydrogen (secondary N) is 1. The fourth-order valence-corrected chi connectivity index (χ4v) is 2.87. The maximum absolute atomic E-state index is 12.3. The summed E-state index contributed by atoms with van der Waals surface area (Å²) in [6.45, 7) is 1.35. The normalized spacial score (nSPS) is 11.5. The number of anilines is 1. The largest absolute Gasteiger partial charge is 0.383 e. The van der Waals surface area contributed by atoms with Crippen LogP contribution in [0.3, 0.4) is 0 Å². The molecule has 1 aromatic carbocycles. The first kappa shape index (κ1) is 15.5. The van der Waals surface area contributed by atoms with Crippen LogP contribution in [0.2, 0.25) is 0 Å². The second-order valence-corrected chi connectivity index (χ2v) is 6.12. The van der Waals surface area contributed by atoms with Gasteiger partial charge < -0.3 is 10.5 Å². The minimum atomic E-state index is -3.64. The predicted molar refractivity (Wildman–Crippen MR) is 79.2 cm³/mol. The average Bonchev–Trinajstić information content (AvgIpc) is 2.92. The molecule has 0 saturated heterocycles. The summed E-state index contributed by atoms with van der Waals surface area (Å²) >= 11 is 0. The lowest BCUT2D eigenvalue weighted by atomic mass is 10.2. The van der Waals surface area contributed by atoms with E-state index in [4.69, 9.17) is 10.5 Å². The molecule has 0 spiro atoms. The van der Waals surface area contributed by atoms with Crippen molar-refractivity contribution in [3.63, 3.8) is 0 Å². The standard InChI is InChI=1S/C13H18N4O3S/c1-20-6-5-17-10-12(9-15-17)16-21(18,19)13-4-2-3-11(7-13)8-14/h2-4,7,9-10,16H,5-6,8,14H2,1H3. The van der Waals surface area contributed by atoms with Crippen molar-refractivity contribution in [1.82, 2.24) is 9.78 Å². The van der Waals surface area contributed by atoms with Crippen molar-refractivity contribution in [3.05, 3.63) is 42.2 Å². The summed E-state index contributed by atoms with van der Waals surface area (Å²) in [4.78, 5) is 0.176. The van der Waals surface area contributed by atoms with Gasteiger partial charge in [-0.15, -0.1) is 0 Å². The van der Waals surface area contributed by atoms with Crippen molar-refractivity contribution >= 4 is 15.7 Å². The van der Waals surface area contributed by atoms with Crippen molar-refractivity contribution in [2.24, 2.45) is 5.73 Å². The lowest BCUT2D eigenvalue weighted by molar-refractivity contribution is 0.183. The highest BCUT2D eigenvalue weighted by Crippen LogP contribution is 2.16. The molecule has 0 radical (unpaired) electrons. The van der Waals surface area contributed by atoms with Gasteiger partial charge in [-0.05, 0) is 17.7 Å². The van der Waals surface area contributed by atoms with Crippen molar-refractivity contribution in [2.45, 2.75) is 18.0 Å². The van der Waals surface area contributed by atoms with Gasteiger partial charge in [0.1, 0.15) is 0 Å². The number of rotatable bonds is 7. The zero-order chi connectivity index (χ0) is 15.3. The molecule has 21 heavy (non-hydrogen) atoms. The van der Waals surface area contributed by atoms with Crippen LogP contribution in [0.25, 0.3) is 0 Å². The Labute approximate surface area is 123 Å². The van der Waals surface area contributed by atoms with E-state index < -0.39 is 10.0 Å². The van der Waals surface area contributed by atoms with Crippen LogP contribution in [0.4, 0.5) is 5.69 Å². The van der Waals surface area contributed by atoms with Crippen molar-refractivity contribution in [1.29, 1.82) is 0 Å². The van der Waals surface area contributed by atoms with Crippen LogP contribution in [0.5, 0.6) is 0 Å². The van der Waals surface area contributed by atoms with E-state index in [0.29, 0.717) is 18.8 Å². The van der Waals surface area contributed by atoms with Crippen LogP contribution >= 0.6 is 0 Å². The summed E-state index contributed by atoms with van der Waals surface area (Å²) in [6, 6.07) is 6.52. The Morgan fingerprint density at radius 2 is 2.24 bits per heavy atom. The molecule has 0 bridgehead atoms. The van der Waals surface area contributed by atoms with Gasteiger partial charge in [0.2, 0.25) is 0 Å². The maximum Gasteiger partial charge on any atom is 0.262 e. The van der Waals surface area contributed by atoms with Crippen LogP contribution in [0, 0.1) is 0 Å². The molecule has 3 N–H and O–H groups in total. The number of nitrogens with zero attached hydrogens (tertiary/aromatic N) is 2. The van der Waals surface area contributed by atoms with E-state index >= 15 is 0 Å². The van der Waals surface area contributed by atoms with E-state index in [-0.39, 0.29) is 11.4 Å². The van der Waals surface area contributed by atoms with Gasteiger partial charge in [0.25, 0.3) is 10.0 Å². The molecule has 2 rings (SSSR count).